The summed E-state index contributed by atoms with van der Waals surface area (Å²) < 4.78 is 30.8. The molecule has 0 radical (unpaired) electrons. The Balaban J connectivity index is 2.49. The van der Waals surface area contributed by atoms with Gasteiger partial charge in [0.25, 0.3) is 0 Å². The summed E-state index contributed by atoms with van der Waals surface area (Å²) in [4.78, 5) is 15.2. The Morgan fingerprint density at radius 1 is 1.37 bits per heavy atom. The molecule has 148 valence electrons. The number of ether oxygens (including phenoxy) is 1. The molecule has 0 bridgehead atoms. The summed E-state index contributed by atoms with van der Waals surface area (Å²) in [5, 5.41) is 3.32. The maximum Gasteiger partial charge on any atom is 0.316 e. The summed E-state index contributed by atoms with van der Waals surface area (Å²) in [6, 6.07) is 5.06. The van der Waals surface area contributed by atoms with Gasteiger partial charge in [0.1, 0.15) is 11.4 Å². The highest BCUT2D eigenvalue weighted by Crippen LogP contribution is 2.51. The second-order valence-electron chi connectivity index (χ2n) is 6.48. The predicted molar refractivity (Wildman–Crippen MR) is 108 cm³/mol. The van der Waals surface area contributed by atoms with Gasteiger partial charge in [-0.2, -0.15) is 8.42 Å². The van der Waals surface area contributed by atoms with Gasteiger partial charge in [0.15, 0.2) is 5.11 Å². The van der Waals surface area contributed by atoms with Gasteiger partial charge in [0, 0.05) is 13.1 Å². The van der Waals surface area contributed by atoms with E-state index in [9.17, 15) is 13.2 Å². The van der Waals surface area contributed by atoms with Crippen LogP contribution >= 0.6 is 12.2 Å². The summed E-state index contributed by atoms with van der Waals surface area (Å²) in [7, 11) is 0.539. The summed E-state index contributed by atoms with van der Waals surface area (Å²) >= 11 is 5.40. The van der Waals surface area contributed by atoms with Crippen molar-refractivity contribution in [3.05, 3.63) is 23.8 Å². The molecule has 1 aromatic carbocycles. The van der Waals surface area contributed by atoms with Crippen LogP contribution in [0.4, 0.5) is 5.69 Å². The van der Waals surface area contributed by atoms with E-state index < -0.39 is 15.9 Å². The molecule has 0 spiro atoms. The molecule has 0 unspecified atom stereocenters. The highest BCUT2D eigenvalue weighted by molar-refractivity contribution is 7.80. The smallest absolute Gasteiger partial charge is 0.316 e. The van der Waals surface area contributed by atoms with Gasteiger partial charge < -0.3 is 10.1 Å². The van der Waals surface area contributed by atoms with Crippen molar-refractivity contribution in [2.45, 2.75) is 51.0 Å². The molecule has 9 heteroatoms. The lowest BCUT2D eigenvalue weighted by Crippen LogP contribution is -2.52. The molecular formula is C18H25N3O4S2. The predicted octanol–water partition coefficient (Wildman–Crippen LogP) is 2.94. The van der Waals surface area contributed by atoms with Crippen molar-refractivity contribution in [1.82, 2.24) is 10.2 Å². The van der Waals surface area contributed by atoms with Gasteiger partial charge in [0.05, 0.1) is 12.5 Å². The second-order valence-corrected chi connectivity index (χ2v) is 7.48. The van der Waals surface area contributed by atoms with Crippen LogP contribution in [-0.4, -0.2) is 44.5 Å². The fourth-order valence-electron chi connectivity index (χ4n) is 3.32. The van der Waals surface area contributed by atoms with E-state index in [1.807, 2.05) is 13.8 Å². The zero-order valence-corrected chi connectivity index (χ0v) is 17.6. The average molecular weight is 412 g/mol. The molecule has 0 heterocycles. The van der Waals surface area contributed by atoms with Gasteiger partial charge in [-0.3, -0.25) is 9.69 Å². The Morgan fingerprint density at radius 2 is 2.00 bits per heavy atom. The third-order valence-corrected chi connectivity index (χ3v) is 5.77. The fourth-order valence-corrected chi connectivity index (χ4v) is 3.85. The fraction of sp³-hybridized carbons (Fsp3) is 0.556. The minimum Gasteiger partial charge on any atom is -0.494 e. The van der Waals surface area contributed by atoms with E-state index in [-0.39, 0.29) is 17.6 Å². The Labute approximate surface area is 166 Å². The number of rotatable bonds is 7. The van der Waals surface area contributed by atoms with Crippen molar-refractivity contribution in [2.24, 2.45) is 4.36 Å². The molecule has 1 amide bonds. The van der Waals surface area contributed by atoms with Crippen LogP contribution in [0.5, 0.6) is 5.75 Å². The molecule has 0 aromatic heterocycles. The van der Waals surface area contributed by atoms with Crippen LogP contribution in [0.25, 0.3) is 0 Å². The molecule has 1 N–H and O–H groups in total. The van der Waals surface area contributed by atoms with Crippen molar-refractivity contribution >= 4 is 39.4 Å². The van der Waals surface area contributed by atoms with E-state index in [1.54, 1.807) is 30.1 Å². The summed E-state index contributed by atoms with van der Waals surface area (Å²) in [5.41, 5.74) is 0.213. The quantitative estimate of drug-likeness (QED) is 0.694. The first-order valence-electron chi connectivity index (χ1n) is 8.89. The molecule has 1 aromatic rings. The van der Waals surface area contributed by atoms with Gasteiger partial charge in [-0.05, 0) is 55.6 Å². The molecule has 2 rings (SSSR count). The van der Waals surface area contributed by atoms with Crippen LogP contribution < -0.4 is 10.1 Å². The third kappa shape index (κ3) is 4.30. The van der Waals surface area contributed by atoms with Crippen molar-refractivity contribution in [2.75, 3.05) is 14.2 Å². The molecule has 1 saturated carbocycles. The number of amides is 1. The van der Waals surface area contributed by atoms with Gasteiger partial charge >= 0.3 is 10.5 Å². The zero-order chi connectivity index (χ0) is 20.2. The summed E-state index contributed by atoms with van der Waals surface area (Å²) in [6.45, 7) is 4.06. The van der Waals surface area contributed by atoms with E-state index in [0.717, 1.165) is 18.4 Å². The Hall–Kier alpha value is -2.00. The molecule has 7 nitrogen and oxygen atoms in total. The van der Waals surface area contributed by atoms with Gasteiger partial charge in [-0.25, -0.2) is 0 Å². The number of carbonyl (C=O) groups is 1. The van der Waals surface area contributed by atoms with Gasteiger partial charge in [-0.1, -0.05) is 19.9 Å². The maximum absolute atomic E-state index is 13.5. The van der Waals surface area contributed by atoms with E-state index in [1.165, 1.54) is 7.11 Å². The highest BCUT2D eigenvalue weighted by atomic mass is 32.2. The first-order chi connectivity index (χ1) is 12.8. The van der Waals surface area contributed by atoms with Crippen molar-refractivity contribution in [3.8, 4) is 5.75 Å². The monoisotopic (exact) mass is 411 g/mol. The number of carbonyl (C=O) groups excluding carboxylic acids is 1. The van der Waals surface area contributed by atoms with Crippen LogP contribution in [-0.2, 0) is 20.7 Å². The molecule has 1 aliphatic rings. The number of benzene rings is 1. The average Bonchev–Trinajstić information content (AvgIpc) is 3.46. The molecule has 0 saturated heterocycles. The molecule has 1 aliphatic carbocycles. The SMILES string of the molecule is CCC(CC)N(C(=O)C1(c2ccc(OC)c(N=S(=O)=O)c2)CC1)C(=S)NC. The maximum atomic E-state index is 13.5. The van der Waals surface area contributed by atoms with Crippen LogP contribution in [0.1, 0.15) is 45.1 Å². The molecule has 0 aliphatic heterocycles. The van der Waals surface area contributed by atoms with Crippen molar-refractivity contribution in [3.63, 3.8) is 0 Å². The Kier molecular flexibility index (Phi) is 6.94. The largest absolute Gasteiger partial charge is 0.494 e. The molecule has 0 atom stereocenters. The van der Waals surface area contributed by atoms with Crippen LogP contribution in [0.2, 0.25) is 0 Å². The lowest BCUT2D eigenvalue weighted by Gasteiger charge is -2.34. The van der Waals surface area contributed by atoms with Crippen molar-refractivity contribution in [1.29, 1.82) is 0 Å². The number of nitrogens with one attached hydrogen (secondary N) is 1. The Morgan fingerprint density at radius 3 is 2.44 bits per heavy atom. The van der Waals surface area contributed by atoms with Crippen LogP contribution in [0.3, 0.4) is 0 Å². The molecule has 1 fully saturated rings. The van der Waals surface area contributed by atoms with E-state index in [4.69, 9.17) is 17.0 Å². The second kappa shape index (κ2) is 8.79. The lowest BCUT2D eigenvalue weighted by atomic mass is 9.92. The lowest BCUT2D eigenvalue weighted by molar-refractivity contribution is -0.131. The van der Waals surface area contributed by atoms with E-state index >= 15 is 0 Å². The normalized spacial score (nSPS) is 14.4. The molecular weight excluding hydrogens is 386 g/mol. The van der Waals surface area contributed by atoms with Crippen LogP contribution in [0, 0.1) is 0 Å². The number of methoxy groups -OCH3 is 1. The van der Waals surface area contributed by atoms with Crippen LogP contribution in [0.15, 0.2) is 22.6 Å². The van der Waals surface area contributed by atoms with Gasteiger partial charge in [-0.15, -0.1) is 4.36 Å². The van der Waals surface area contributed by atoms with E-state index in [0.29, 0.717) is 23.7 Å². The zero-order valence-electron chi connectivity index (χ0n) is 16.0. The van der Waals surface area contributed by atoms with Crippen molar-refractivity contribution < 1.29 is 17.9 Å². The topological polar surface area (TPSA) is 88.1 Å². The summed E-state index contributed by atoms with van der Waals surface area (Å²) in [6.07, 6.45) is 2.94. The first kappa shape index (κ1) is 21.3. The first-order valence-corrected chi connectivity index (χ1v) is 10.3. The number of thiocarbonyl (C=S) groups is 1. The molecule has 27 heavy (non-hydrogen) atoms. The number of nitrogens with zero attached hydrogens (tertiary/aromatic N) is 2. The minimum absolute atomic E-state index is 0.00600. The van der Waals surface area contributed by atoms with Gasteiger partial charge in [0.2, 0.25) is 5.91 Å². The minimum atomic E-state index is -2.61. The Bertz CT molecular complexity index is 851. The standard InChI is InChI=1S/C18H25N3O4S2/c1-5-13(6-2)21(17(26)19-3)16(22)18(9-10-18)12-7-8-15(25-4)14(11-12)20-27(23)24/h7-8,11,13H,5-6,9-10H2,1-4H3,(H,19,26). The summed E-state index contributed by atoms with van der Waals surface area (Å²) in [5.74, 6) is 0.281. The number of hydrogen-bond donors (Lipinski definition) is 1. The van der Waals surface area contributed by atoms with E-state index in [2.05, 4.69) is 9.68 Å². The highest BCUT2D eigenvalue weighted by Gasteiger charge is 2.54. The number of hydrogen-bond acceptors (Lipinski definition) is 6. The third-order valence-electron chi connectivity index (χ3n) is 5.02.